The van der Waals surface area contributed by atoms with Crippen molar-refractivity contribution in [1.29, 1.82) is 0 Å². The molecule has 5 nitrogen and oxygen atoms in total. The first-order chi connectivity index (χ1) is 6.00. The molecule has 1 heterocycles. The van der Waals surface area contributed by atoms with Crippen LogP contribution in [0.2, 0.25) is 0 Å². The van der Waals surface area contributed by atoms with Gasteiger partial charge in [0.05, 0.1) is 0 Å². The molecule has 0 aromatic heterocycles. The summed E-state index contributed by atoms with van der Waals surface area (Å²) >= 11 is 0. The van der Waals surface area contributed by atoms with Gasteiger partial charge in [0, 0.05) is 0 Å². The van der Waals surface area contributed by atoms with Gasteiger partial charge in [0.15, 0.2) is 0 Å². The van der Waals surface area contributed by atoms with Crippen molar-refractivity contribution in [2.45, 2.75) is 24.9 Å². The summed E-state index contributed by atoms with van der Waals surface area (Å²) < 4.78 is 0. The second-order valence-electron chi connectivity index (χ2n) is 3.11. The molecule has 0 radical (unpaired) electrons. The Kier molecular flexibility index (Phi) is 4.59. The van der Waals surface area contributed by atoms with Gasteiger partial charge in [0.2, 0.25) is 0 Å². The van der Waals surface area contributed by atoms with Crippen LogP contribution in [0.4, 0.5) is 0 Å². The number of carbonyl (C=O) groups is 2. The average Bonchev–Trinajstić information content (AvgIpc) is 2.03. The van der Waals surface area contributed by atoms with Gasteiger partial charge in [-0.3, -0.25) is 14.9 Å². The molecule has 0 amide bonds. The van der Waals surface area contributed by atoms with Gasteiger partial charge < -0.3 is 10.2 Å². The molecule has 6 heteroatoms. The molecule has 0 saturated carbocycles. The first-order valence-corrected chi connectivity index (χ1v) is 3.89. The summed E-state index contributed by atoms with van der Waals surface area (Å²) in [5.41, 5.74) is 0.665. The van der Waals surface area contributed by atoms with E-state index in [-0.39, 0.29) is 12.4 Å². The number of carboxylic acid groups (broad SMARTS) is 2. The average molecular weight is 222 g/mol. The molecule has 0 aromatic rings. The molecule has 0 aromatic carbocycles. The Bertz CT molecular complexity index is 242. The lowest BCUT2D eigenvalue weighted by Crippen LogP contribution is -2.50. The van der Waals surface area contributed by atoms with Crippen LogP contribution in [-0.4, -0.2) is 34.2 Å². The molecule has 3 N–H and O–H groups in total. The maximum absolute atomic E-state index is 10.6. The van der Waals surface area contributed by atoms with Gasteiger partial charge in [-0.05, 0) is 12.8 Å². The standard InChI is InChI=1S/C8H11NO4.ClH/c1-4-2-5(7(10)11)9-6(3-4)8(12)13;/h5-6,9H,1-3H2,(H,10,11)(H,12,13);1H. The summed E-state index contributed by atoms with van der Waals surface area (Å²) in [5, 5.41) is 19.8. The quantitative estimate of drug-likeness (QED) is 0.582. The SMILES string of the molecule is C=C1CC(C(=O)O)NC(C(=O)O)C1.Cl. The highest BCUT2D eigenvalue weighted by molar-refractivity contribution is 5.85. The molecule has 80 valence electrons. The monoisotopic (exact) mass is 221 g/mol. The Morgan fingerprint density at radius 3 is 1.86 bits per heavy atom. The summed E-state index contributed by atoms with van der Waals surface area (Å²) in [6.45, 7) is 3.61. The Morgan fingerprint density at radius 1 is 1.21 bits per heavy atom. The molecule has 14 heavy (non-hydrogen) atoms. The maximum atomic E-state index is 10.6. The minimum absolute atomic E-state index is 0. The second-order valence-corrected chi connectivity index (χ2v) is 3.11. The summed E-state index contributed by atoms with van der Waals surface area (Å²) in [6.07, 6.45) is 0.609. The van der Waals surface area contributed by atoms with E-state index in [0.717, 1.165) is 0 Å². The number of aliphatic carboxylic acids is 2. The highest BCUT2D eigenvalue weighted by atomic mass is 35.5. The number of rotatable bonds is 2. The van der Waals surface area contributed by atoms with Gasteiger partial charge in [0.1, 0.15) is 12.1 Å². The molecule has 2 atom stereocenters. The van der Waals surface area contributed by atoms with E-state index < -0.39 is 24.0 Å². The highest BCUT2D eigenvalue weighted by Crippen LogP contribution is 2.17. The number of halogens is 1. The number of hydrogen-bond acceptors (Lipinski definition) is 3. The smallest absolute Gasteiger partial charge is 0.321 e. The fourth-order valence-electron chi connectivity index (χ4n) is 1.34. The lowest BCUT2D eigenvalue weighted by Gasteiger charge is -2.27. The lowest BCUT2D eigenvalue weighted by atomic mass is 9.94. The predicted molar refractivity (Wildman–Crippen MR) is 51.6 cm³/mol. The van der Waals surface area contributed by atoms with E-state index in [4.69, 9.17) is 10.2 Å². The van der Waals surface area contributed by atoms with Crippen molar-refractivity contribution < 1.29 is 19.8 Å². The number of nitrogens with one attached hydrogen (secondary N) is 1. The van der Waals surface area contributed by atoms with E-state index in [1.807, 2.05) is 0 Å². The third-order valence-corrected chi connectivity index (χ3v) is 1.98. The molecular weight excluding hydrogens is 210 g/mol. The fraction of sp³-hybridized carbons (Fsp3) is 0.500. The molecule has 1 rings (SSSR count). The van der Waals surface area contributed by atoms with Crippen LogP contribution in [0, 0.1) is 0 Å². The van der Waals surface area contributed by atoms with E-state index in [1.54, 1.807) is 0 Å². The lowest BCUT2D eigenvalue weighted by molar-refractivity contribution is -0.143. The van der Waals surface area contributed by atoms with Gasteiger partial charge in [0.25, 0.3) is 0 Å². The van der Waals surface area contributed by atoms with E-state index in [0.29, 0.717) is 18.4 Å². The fourth-order valence-corrected chi connectivity index (χ4v) is 1.34. The van der Waals surface area contributed by atoms with Crippen molar-refractivity contribution in [2.24, 2.45) is 0 Å². The van der Waals surface area contributed by atoms with Crippen LogP contribution < -0.4 is 5.32 Å². The molecule has 2 unspecified atom stereocenters. The molecule has 1 aliphatic heterocycles. The van der Waals surface area contributed by atoms with E-state index in [2.05, 4.69) is 11.9 Å². The van der Waals surface area contributed by atoms with Crippen LogP contribution in [0.25, 0.3) is 0 Å². The Labute approximate surface area is 87.2 Å². The Balaban J connectivity index is 0.00000169. The van der Waals surface area contributed by atoms with Crippen molar-refractivity contribution in [2.75, 3.05) is 0 Å². The van der Waals surface area contributed by atoms with Gasteiger partial charge in [-0.2, -0.15) is 0 Å². The van der Waals surface area contributed by atoms with Gasteiger partial charge in [-0.15, -0.1) is 12.4 Å². The molecule has 1 saturated heterocycles. The number of carboxylic acids is 2. The minimum atomic E-state index is -1.04. The van der Waals surface area contributed by atoms with E-state index in [9.17, 15) is 9.59 Å². The van der Waals surface area contributed by atoms with Crippen LogP contribution in [0.1, 0.15) is 12.8 Å². The molecule has 0 aliphatic carbocycles. The molecule has 1 aliphatic rings. The van der Waals surface area contributed by atoms with E-state index >= 15 is 0 Å². The molecule has 1 fully saturated rings. The van der Waals surface area contributed by atoms with Crippen molar-refractivity contribution in [3.8, 4) is 0 Å². The topological polar surface area (TPSA) is 86.6 Å². The van der Waals surface area contributed by atoms with Crippen molar-refractivity contribution in [1.82, 2.24) is 5.32 Å². The normalized spacial score (nSPS) is 26.4. The number of piperidine rings is 1. The maximum Gasteiger partial charge on any atom is 0.321 e. The first kappa shape index (κ1) is 12.9. The summed E-state index contributed by atoms with van der Waals surface area (Å²) in [7, 11) is 0. The van der Waals surface area contributed by atoms with Crippen LogP contribution >= 0.6 is 12.4 Å². The third kappa shape index (κ3) is 3.01. The zero-order valence-electron chi connectivity index (χ0n) is 7.40. The van der Waals surface area contributed by atoms with Crippen molar-refractivity contribution in [3.63, 3.8) is 0 Å². The highest BCUT2D eigenvalue weighted by Gasteiger charge is 2.31. The predicted octanol–water partition coefficient (Wildman–Crippen LogP) is 0.254. The third-order valence-electron chi connectivity index (χ3n) is 1.98. The Hall–Kier alpha value is -1.07. The van der Waals surface area contributed by atoms with Gasteiger partial charge in [-0.1, -0.05) is 12.2 Å². The number of hydrogen-bond donors (Lipinski definition) is 3. The zero-order valence-corrected chi connectivity index (χ0v) is 8.21. The summed E-state index contributed by atoms with van der Waals surface area (Å²) in [5.74, 6) is -2.07. The van der Waals surface area contributed by atoms with Crippen LogP contribution in [-0.2, 0) is 9.59 Å². The van der Waals surface area contributed by atoms with Crippen LogP contribution in [0.15, 0.2) is 12.2 Å². The minimum Gasteiger partial charge on any atom is -0.480 e. The molecular formula is C8H12ClNO4. The van der Waals surface area contributed by atoms with Crippen molar-refractivity contribution >= 4 is 24.3 Å². The van der Waals surface area contributed by atoms with Gasteiger partial charge >= 0.3 is 11.9 Å². The van der Waals surface area contributed by atoms with Gasteiger partial charge in [-0.25, -0.2) is 0 Å². The largest absolute Gasteiger partial charge is 0.480 e. The second kappa shape index (κ2) is 4.97. The molecule has 0 bridgehead atoms. The summed E-state index contributed by atoms with van der Waals surface area (Å²) in [6, 6.07) is -1.63. The van der Waals surface area contributed by atoms with Crippen molar-refractivity contribution in [3.05, 3.63) is 12.2 Å². The van der Waals surface area contributed by atoms with Crippen LogP contribution in [0.5, 0.6) is 0 Å². The summed E-state index contributed by atoms with van der Waals surface area (Å²) in [4.78, 5) is 21.1. The molecule has 0 spiro atoms. The van der Waals surface area contributed by atoms with Crippen LogP contribution in [0.3, 0.4) is 0 Å². The van der Waals surface area contributed by atoms with E-state index in [1.165, 1.54) is 0 Å². The Morgan fingerprint density at radius 2 is 1.57 bits per heavy atom. The zero-order chi connectivity index (χ0) is 10.0. The first-order valence-electron chi connectivity index (χ1n) is 3.89.